The van der Waals surface area contributed by atoms with Gasteiger partial charge < -0.3 is 13.3 Å². The highest BCUT2D eigenvalue weighted by molar-refractivity contribution is 6.90. The van der Waals surface area contributed by atoms with Gasteiger partial charge in [-0.3, -0.25) is 0 Å². The SMILES string of the molecule is CCO[Si](OCC)(OCC)C(CCN=C=O)[Si](C)(C)C. The molecule has 118 valence electrons. The first-order valence-corrected chi connectivity index (χ1v) is 12.7. The van der Waals surface area contributed by atoms with Crippen molar-refractivity contribution in [2.45, 2.75) is 52.0 Å². The van der Waals surface area contributed by atoms with E-state index in [1.807, 2.05) is 20.8 Å². The molecule has 0 aromatic rings. The smallest absolute Gasteiger partial charge is 0.374 e. The van der Waals surface area contributed by atoms with Gasteiger partial charge in [-0.05, 0) is 27.2 Å². The lowest BCUT2D eigenvalue weighted by molar-refractivity contribution is 0.0666. The summed E-state index contributed by atoms with van der Waals surface area (Å²) in [7, 11) is -4.33. The number of rotatable bonds is 11. The molecule has 0 aromatic heterocycles. The third kappa shape index (κ3) is 5.99. The van der Waals surface area contributed by atoms with E-state index in [0.29, 0.717) is 26.4 Å². The lowest BCUT2D eigenvalue weighted by Crippen LogP contribution is -2.57. The zero-order chi connectivity index (χ0) is 15.6. The Hall–Kier alpha value is -0.306. The maximum atomic E-state index is 10.3. The molecule has 0 N–H and O–H groups in total. The van der Waals surface area contributed by atoms with Crippen LogP contribution in [0.1, 0.15) is 27.2 Å². The minimum absolute atomic E-state index is 0.229. The average Bonchev–Trinajstić information content (AvgIpc) is 2.34. The summed E-state index contributed by atoms with van der Waals surface area (Å²) in [5, 5.41) is 0.229. The van der Waals surface area contributed by atoms with E-state index in [1.54, 1.807) is 6.08 Å². The second kappa shape index (κ2) is 9.60. The molecule has 0 radical (unpaired) electrons. The molecule has 0 aliphatic carbocycles. The second-order valence-corrected chi connectivity index (χ2v) is 14.4. The number of hydrogen-bond acceptors (Lipinski definition) is 5. The van der Waals surface area contributed by atoms with Crippen molar-refractivity contribution in [1.29, 1.82) is 0 Å². The summed E-state index contributed by atoms with van der Waals surface area (Å²) in [5.41, 5.74) is 0. The average molecular weight is 320 g/mol. The van der Waals surface area contributed by atoms with Crippen LogP contribution in [0.25, 0.3) is 0 Å². The van der Waals surface area contributed by atoms with E-state index in [1.165, 1.54) is 0 Å². The molecule has 1 unspecified atom stereocenters. The van der Waals surface area contributed by atoms with Gasteiger partial charge in [-0.25, -0.2) is 9.79 Å². The van der Waals surface area contributed by atoms with E-state index in [-0.39, 0.29) is 5.16 Å². The summed E-state index contributed by atoms with van der Waals surface area (Å²) in [4.78, 5) is 14.0. The Kier molecular flexibility index (Phi) is 9.45. The van der Waals surface area contributed by atoms with Gasteiger partial charge >= 0.3 is 8.80 Å². The van der Waals surface area contributed by atoms with E-state index >= 15 is 0 Å². The highest BCUT2D eigenvalue weighted by Crippen LogP contribution is 2.37. The summed E-state index contributed by atoms with van der Waals surface area (Å²) >= 11 is 0. The molecular formula is C13H29NO4Si2. The van der Waals surface area contributed by atoms with E-state index in [9.17, 15) is 4.79 Å². The van der Waals surface area contributed by atoms with E-state index < -0.39 is 16.9 Å². The predicted octanol–water partition coefficient (Wildman–Crippen LogP) is 3.01. The fourth-order valence-corrected chi connectivity index (χ4v) is 10.9. The number of carbonyl (C=O) groups excluding carboxylic acids is 1. The van der Waals surface area contributed by atoms with Crippen molar-refractivity contribution in [2.75, 3.05) is 26.4 Å². The predicted molar refractivity (Wildman–Crippen MR) is 85.3 cm³/mol. The van der Waals surface area contributed by atoms with Crippen LogP contribution in [0.5, 0.6) is 0 Å². The molecule has 0 heterocycles. The molecule has 0 amide bonds. The number of isocyanates is 1. The summed E-state index contributed by atoms with van der Waals surface area (Å²) < 4.78 is 18.1. The van der Waals surface area contributed by atoms with E-state index in [2.05, 4.69) is 24.6 Å². The van der Waals surface area contributed by atoms with Crippen LogP contribution in [0.15, 0.2) is 4.99 Å². The highest BCUT2D eigenvalue weighted by Gasteiger charge is 2.54. The van der Waals surface area contributed by atoms with Gasteiger partial charge in [0.1, 0.15) is 0 Å². The first-order valence-electron chi connectivity index (χ1n) is 7.33. The lowest BCUT2D eigenvalue weighted by Gasteiger charge is -2.40. The molecule has 0 aromatic carbocycles. The van der Waals surface area contributed by atoms with Gasteiger partial charge in [-0.2, -0.15) is 0 Å². The number of aliphatic imine (C=N–C) groups is 1. The highest BCUT2D eigenvalue weighted by atomic mass is 28.4. The Morgan fingerprint density at radius 2 is 1.45 bits per heavy atom. The maximum Gasteiger partial charge on any atom is 0.501 e. The van der Waals surface area contributed by atoms with Gasteiger partial charge in [0, 0.05) is 25.0 Å². The van der Waals surface area contributed by atoms with Gasteiger partial charge in [0.15, 0.2) is 0 Å². The van der Waals surface area contributed by atoms with Gasteiger partial charge in [0.05, 0.1) is 14.6 Å². The van der Waals surface area contributed by atoms with Crippen LogP contribution in [-0.2, 0) is 18.1 Å². The maximum absolute atomic E-state index is 10.3. The fraction of sp³-hybridized carbons (Fsp3) is 0.923. The molecular weight excluding hydrogens is 290 g/mol. The quantitative estimate of drug-likeness (QED) is 0.334. The summed E-state index contributed by atoms with van der Waals surface area (Å²) in [6, 6.07) is 0. The van der Waals surface area contributed by atoms with Crippen molar-refractivity contribution in [2.24, 2.45) is 4.99 Å². The largest absolute Gasteiger partial charge is 0.501 e. The topological polar surface area (TPSA) is 57.1 Å². The molecule has 0 saturated carbocycles. The van der Waals surface area contributed by atoms with Crippen LogP contribution < -0.4 is 0 Å². The van der Waals surface area contributed by atoms with Crippen molar-refractivity contribution in [1.82, 2.24) is 0 Å². The van der Waals surface area contributed by atoms with Gasteiger partial charge in [-0.15, -0.1) is 0 Å². The van der Waals surface area contributed by atoms with Crippen molar-refractivity contribution in [3.05, 3.63) is 0 Å². The van der Waals surface area contributed by atoms with Gasteiger partial charge in [-0.1, -0.05) is 19.6 Å². The third-order valence-corrected chi connectivity index (χ3v) is 12.4. The zero-order valence-electron chi connectivity index (χ0n) is 13.7. The summed E-state index contributed by atoms with van der Waals surface area (Å²) in [6.07, 6.45) is 2.37. The molecule has 5 nitrogen and oxygen atoms in total. The minimum Gasteiger partial charge on any atom is -0.374 e. The van der Waals surface area contributed by atoms with Crippen molar-refractivity contribution < 1.29 is 18.1 Å². The zero-order valence-corrected chi connectivity index (χ0v) is 15.7. The Balaban J connectivity index is 5.38. The molecule has 0 fully saturated rings. The van der Waals surface area contributed by atoms with Crippen LogP contribution in [0, 0.1) is 0 Å². The molecule has 0 rings (SSSR count). The first kappa shape index (κ1) is 19.7. The van der Waals surface area contributed by atoms with Crippen molar-refractivity contribution in [3.8, 4) is 0 Å². The molecule has 0 aliphatic heterocycles. The van der Waals surface area contributed by atoms with Crippen molar-refractivity contribution in [3.63, 3.8) is 0 Å². The van der Waals surface area contributed by atoms with Crippen LogP contribution >= 0.6 is 0 Å². The molecule has 20 heavy (non-hydrogen) atoms. The van der Waals surface area contributed by atoms with Gasteiger partial charge in [0.2, 0.25) is 6.08 Å². The summed E-state index contributed by atoms with van der Waals surface area (Å²) in [5.74, 6) is 0. The van der Waals surface area contributed by atoms with Crippen LogP contribution in [0.2, 0.25) is 24.8 Å². The molecule has 1 atom stereocenters. The Morgan fingerprint density at radius 1 is 1.00 bits per heavy atom. The minimum atomic E-state index is -2.74. The molecule has 0 aliphatic rings. The van der Waals surface area contributed by atoms with Crippen molar-refractivity contribution >= 4 is 23.0 Å². The van der Waals surface area contributed by atoms with Crippen LogP contribution in [0.4, 0.5) is 0 Å². The number of hydrogen-bond donors (Lipinski definition) is 0. The summed E-state index contributed by atoms with van der Waals surface area (Å²) in [6.45, 7) is 14.9. The molecule has 0 bridgehead atoms. The second-order valence-electron chi connectivity index (χ2n) is 5.58. The monoisotopic (exact) mass is 319 g/mol. The molecule has 0 saturated heterocycles. The molecule has 0 spiro atoms. The first-order chi connectivity index (χ1) is 9.37. The lowest BCUT2D eigenvalue weighted by atomic mass is 10.5. The van der Waals surface area contributed by atoms with Gasteiger partial charge in [0.25, 0.3) is 0 Å². The third-order valence-electron chi connectivity index (χ3n) is 3.10. The number of nitrogens with zero attached hydrogens (tertiary/aromatic N) is 1. The Labute approximate surface area is 125 Å². The normalized spacial score (nSPS) is 13.9. The van der Waals surface area contributed by atoms with E-state index in [0.717, 1.165) is 6.42 Å². The standard InChI is InChI=1S/C13H29NO4Si2/c1-7-16-20(17-8-2,18-9-3)13(19(4,5)6)10-11-14-12-15/h13H,7-11H2,1-6H3. The fourth-order valence-electron chi connectivity index (χ4n) is 2.41. The van der Waals surface area contributed by atoms with Crippen LogP contribution in [0.3, 0.4) is 0 Å². The Morgan fingerprint density at radius 3 is 1.75 bits per heavy atom. The Bertz CT molecular complexity index is 297. The van der Waals surface area contributed by atoms with Crippen LogP contribution in [-0.4, -0.2) is 49.3 Å². The molecule has 7 heteroatoms. The van der Waals surface area contributed by atoms with E-state index in [4.69, 9.17) is 13.3 Å².